The number of fused-ring (bicyclic) bond motifs is 1. The van der Waals surface area contributed by atoms with Crippen molar-refractivity contribution in [3.63, 3.8) is 0 Å². The van der Waals surface area contributed by atoms with E-state index < -0.39 is 0 Å². The summed E-state index contributed by atoms with van der Waals surface area (Å²) < 4.78 is 2.21. The molecule has 0 aliphatic heterocycles. The van der Waals surface area contributed by atoms with Gasteiger partial charge in [-0.25, -0.2) is 0 Å². The van der Waals surface area contributed by atoms with Gasteiger partial charge in [0.25, 0.3) is 0 Å². The highest BCUT2D eigenvalue weighted by Gasteiger charge is 2.11. The van der Waals surface area contributed by atoms with Crippen LogP contribution in [0.5, 0.6) is 0 Å². The van der Waals surface area contributed by atoms with Crippen molar-refractivity contribution in [1.82, 2.24) is 4.57 Å². The number of hydrogen-bond acceptors (Lipinski definition) is 0. The summed E-state index contributed by atoms with van der Waals surface area (Å²) in [4.78, 5) is 0. The minimum atomic E-state index is 1.26. The second-order valence-electron chi connectivity index (χ2n) is 5.58. The number of aryl methyl sites for hydroxylation is 1. The highest BCUT2D eigenvalue weighted by molar-refractivity contribution is 6.03. The molecule has 3 aromatic carbocycles. The van der Waals surface area contributed by atoms with E-state index in [1.165, 1.54) is 33.2 Å². The topological polar surface area (TPSA) is 4.93 Å². The quantitative estimate of drug-likeness (QED) is 0.457. The van der Waals surface area contributed by atoms with Gasteiger partial charge in [0.05, 0.1) is 5.52 Å². The van der Waals surface area contributed by atoms with Crippen LogP contribution in [0, 0.1) is 0 Å². The minimum absolute atomic E-state index is 1.26. The van der Waals surface area contributed by atoms with E-state index in [4.69, 9.17) is 0 Å². The van der Waals surface area contributed by atoms with Crippen molar-refractivity contribution in [2.45, 2.75) is 0 Å². The minimum Gasteiger partial charge on any atom is -0.350 e. The maximum atomic E-state index is 2.24. The first kappa shape index (κ1) is 12.9. The van der Waals surface area contributed by atoms with Gasteiger partial charge in [0.15, 0.2) is 0 Å². The van der Waals surface area contributed by atoms with E-state index >= 15 is 0 Å². The van der Waals surface area contributed by atoms with Gasteiger partial charge in [-0.1, -0.05) is 72.8 Å². The third-order valence-electron chi connectivity index (χ3n) is 4.20. The molecule has 0 unspecified atom stereocenters. The molecular weight excluding hydrogens is 266 g/mol. The fourth-order valence-corrected chi connectivity index (χ4v) is 3.14. The molecule has 0 bridgehead atoms. The van der Waals surface area contributed by atoms with E-state index in [0.717, 1.165) is 0 Å². The Kier molecular flexibility index (Phi) is 3.05. The SMILES string of the molecule is Cn1ccc2c(-c3ccccc3)ccc(-c3ccccc3)c21. The first-order valence-electron chi connectivity index (χ1n) is 7.53. The molecule has 0 atom stereocenters. The third-order valence-corrected chi connectivity index (χ3v) is 4.20. The molecule has 106 valence electrons. The van der Waals surface area contributed by atoms with Gasteiger partial charge < -0.3 is 4.57 Å². The predicted molar refractivity (Wildman–Crippen MR) is 93.8 cm³/mol. The molecule has 0 saturated carbocycles. The molecular formula is C21H17N. The van der Waals surface area contributed by atoms with Gasteiger partial charge in [0.1, 0.15) is 0 Å². The molecule has 0 fully saturated rings. The normalized spacial score (nSPS) is 11.0. The summed E-state index contributed by atoms with van der Waals surface area (Å²) in [5.41, 5.74) is 6.37. The summed E-state index contributed by atoms with van der Waals surface area (Å²) in [5, 5.41) is 1.30. The average molecular weight is 283 g/mol. The monoisotopic (exact) mass is 283 g/mol. The Hall–Kier alpha value is -2.80. The van der Waals surface area contributed by atoms with Crippen LogP contribution in [0.1, 0.15) is 0 Å². The lowest BCUT2D eigenvalue weighted by Crippen LogP contribution is -1.90. The van der Waals surface area contributed by atoms with Crippen LogP contribution in [0.25, 0.3) is 33.2 Å². The summed E-state index contributed by atoms with van der Waals surface area (Å²) >= 11 is 0. The Bertz CT molecular complexity index is 918. The average Bonchev–Trinajstić information content (AvgIpc) is 2.98. The molecule has 1 aromatic heterocycles. The van der Waals surface area contributed by atoms with E-state index in [1.54, 1.807) is 0 Å². The van der Waals surface area contributed by atoms with Gasteiger partial charge in [0, 0.05) is 24.2 Å². The van der Waals surface area contributed by atoms with Crippen LogP contribution in [-0.2, 0) is 7.05 Å². The highest BCUT2D eigenvalue weighted by Crippen LogP contribution is 2.35. The van der Waals surface area contributed by atoms with Crippen LogP contribution in [-0.4, -0.2) is 4.57 Å². The second kappa shape index (κ2) is 5.19. The van der Waals surface area contributed by atoms with Crippen LogP contribution in [0.15, 0.2) is 85.1 Å². The Labute approximate surface area is 130 Å². The first-order chi connectivity index (χ1) is 10.8. The number of hydrogen-bond donors (Lipinski definition) is 0. The van der Waals surface area contributed by atoms with Gasteiger partial charge >= 0.3 is 0 Å². The molecule has 1 nitrogen and oxygen atoms in total. The molecule has 22 heavy (non-hydrogen) atoms. The van der Waals surface area contributed by atoms with Crippen molar-refractivity contribution in [3.05, 3.63) is 85.1 Å². The summed E-state index contributed by atoms with van der Waals surface area (Å²) in [5.74, 6) is 0. The molecule has 1 heteroatoms. The second-order valence-corrected chi connectivity index (χ2v) is 5.58. The molecule has 0 amide bonds. The zero-order valence-electron chi connectivity index (χ0n) is 12.5. The first-order valence-corrected chi connectivity index (χ1v) is 7.53. The third kappa shape index (κ3) is 2.03. The fraction of sp³-hybridized carbons (Fsp3) is 0.0476. The Morgan fingerprint density at radius 2 is 1.14 bits per heavy atom. The van der Waals surface area contributed by atoms with Crippen LogP contribution in [0.2, 0.25) is 0 Å². The summed E-state index contributed by atoms with van der Waals surface area (Å²) in [7, 11) is 2.11. The van der Waals surface area contributed by atoms with E-state index in [0.29, 0.717) is 0 Å². The molecule has 0 radical (unpaired) electrons. The molecule has 4 rings (SSSR count). The Morgan fingerprint density at radius 3 is 1.77 bits per heavy atom. The number of benzene rings is 3. The van der Waals surface area contributed by atoms with Crippen molar-refractivity contribution in [2.75, 3.05) is 0 Å². The molecule has 1 heterocycles. The van der Waals surface area contributed by atoms with Crippen molar-refractivity contribution in [1.29, 1.82) is 0 Å². The van der Waals surface area contributed by atoms with Crippen molar-refractivity contribution in [3.8, 4) is 22.3 Å². The molecule has 0 saturated heterocycles. The zero-order valence-corrected chi connectivity index (χ0v) is 12.5. The zero-order chi connectivity index (χ0) is 14.9. The molecule has 0 aliphatic carbocycles. The number of aromatic nitrogens is 1. The standard InChI is InChI=1S/C21H17N/c1-22-15-14-20-18(16-8-4-2-5-9-16)12-13-19(21(20)22)17-10-6-3-7-11-17/h2-15H,1H3. The highest BCUT2D eigenvalue weighted by atomic mass is 14.9. The lowest BCUT2D eigenvalue weighted by atomic mass is 9.96. The summed E-state index contributed by atoms with van der Waals surface area (Å²) in [6.07, 6.45) is 2.14. The van der Waals surface area contributed by atoms with Gasteiger partial charge in [-0.3, -0.25) is 0 Å². The van der Waals surface area contributed by atoms with Gasteiger partial charge in [0.2, 0.25) is 0 Å². The fourth-order valence-electron chi connectivity index (χ4n) is 3.14. The van der Waals surface area contributed by atoms with E-state index in [2.05, 4.69) is 96.7 Å². The smallest absolute Gasteiger partial charge is 0.0563 e. The van der Waals surface area contributed by atoms with Crippen LogP contribution >= 0.6 is 0 Å². The molecule has 0 aliphatic rings. The lowest BCUT2D eigenvalue weighted by Gasteiger charge is -2.11. The van der Waals surface area contributed by atoms with Crippen molar-refractivity contribution in [2.24, 2.45) is 7.05 Å². The van der Waals surface area contributed by atoms with Crippen molar-refractivity contribution >= 4 is 10.9 Å². The maximum Gasteiger partial charge on any atom is 0.0563 e. The molecule has 0 spiro atoms. The van der Waals surface area contributed by atoms with Gasteiger partial charge in [-0.15, -0.1) is 0 Å². The number of rotatable bonds is 2. The lowest BCUT2D eigenvalue weighted by molar-refractivity contribution is 0.970. The predicted octanol–water partition coefficient (Wildman–Crippen LogP) is 5.51. The van der Waals surface area contributed by atoms with Crippen molar-refractivity contribution < 1.29 is 0 Å². The van der Waals surface area contributed by atoms with Crippen LogP contribution in [0.3, 0.4) is 0 Å². The maximum absolute atomic E-state index is 2.24. The summed E-state index contributed by atoms with van der Waals surface area (Å²) in [6, 6.07) is 27.9. The Balaban J connectivity index is 2.02. The largest absolute Gasteiger partial charge is 0.350 e. The Morgan fingerprint density at radius 1 is 0.591 bits per heavy atom. The molecule has 0 N–H and O–H groups in total. The molecule has 4 aromatic rings. The van der Waals surface area contributed by atoms with Crippen LogP contribution in [0.4, 0.5) is 0 Å². The number of nitrogens with zero attached hydrogens (tertiary/aromatic N) is 1. The van der Waals surface area contributed by atoms with E-state index in [-0.39, 0.29) is 0 Å². The van der Waals surface area contributed by atoms with Crippen LogP contribution < -0.4 is 0 Å². The summed E-state index contributed by atoms with van der Waals surface area (Å²) in [6.45, 7) is 0. The van der Waals surface area contributed by atoms with E-state index in [9.17, 15) is 0 Å². The van der Waals surface area contributed by atoms with E-state index in [1.807, 2.05) is 0 Å². The van der Waals surface area contributed by atoms with Gasteiger partial charge in [-0.2, -0.15) is 0 Å². The van der Waals surface area contributed by atoms with Gasteiger partial charge in [-0.05, 0) is 22.8 Å².